The van der Waals surface area contributed by atoms with E-state index in [1.165, 1.54) is 0 Å². The van der Waals surface area contributed by atoms with E-state index in [0.29, 0.717) is 22.0 Å². The second-order valence-corrected chi connectivity index (χ2v) is 8.72. The lowest BCUT2D eigenvalue weighted by Gasteiger charge is -2.08. The predicted molar refractivity (Wildman–Crippen MR) is 131 cm³/mol. The van der Waals surface area contributed by atoms with Crippen molar-refractivity contribution in [2.45, 2.75) is 10.9 Å². The Labute approximate surface area is 199 Å². The van der Waals surface area contributed by atoms with Gasteiger partial charge in [-0.15, -0.1) is 10.2 Å². The molecule has 1 amide bonds. The van der Waals surface area contributed by atoms with Crippen molar-refractivity contribution in [1.29, 1.82) is 0 Å². The molecule has 5 rings (SSSR count). The number of aromatic amines is 1. The summed E-state index contributed by atoms with van der Waals surface area (Å²) in [5.74, 6) is 2.04. The fourth-order valence-electron chi connectivity index (χ4n) is 3.45. The zero-order chi connectivity index (χ0) is 22.8. The number of aromatic nitrogens is 5. The average molecular weight is 475 g/mol. The Morgan fingerprint density at radius 2 is 1.79 bits per heavy atom. The van der Waals surface area contributed by atoms with E-state index in [9.17, 15) is 4.79 Å². The molecule has 33 heavy (non-hydrogen) atoms. The molecule has 9 heteroatoms. The number of benzene rings is 3. The Bertz CT molecular complexity index is 1410. The van der Waals surface area contributed by atoms with Crippen LogP contribution in [0.4, 0.5) is 5.69 Å². The van der Waals surface area contributed by atoms with Gasteiger partial charge in [-0.05, 0) is 48.5 Å². The Balaban J connectivity index is 1.27. The van der Waals surface area contributed by atoms with E-state index in [1.807, 2.05) is 60.1 Å². The highest BCUT2D eigenvalue weighted by Crippen LogP contribution is 2.26. The Morgan fingerprint density at radius 1 is 1.03 bits per heavy atom. The smallest absolute Gasteiger partial charge is 0.257 e. The van der Waals surface area contributed by atoms with E-state index in [4.69, 9.17) is 11.6 Å². The van der Waals surface area contributed by atoms with Crippen LogP contribution in [0.25, 0.3) is 22.4 Å². The van der Waals surface area contributed by atoms with Crippen LogP contribution in [0.5, 0.6) is 0 Å². The van der Waals surface area contributed by atoms with Crippen LogP contribution in [-0.4, -0.2) is 30.6 Å². The maximum absolute atomic E-state index is 12.5. The first-order valence-electron chi connectivity index (χ1n) is 10.2. The van der Waals surface area contributed by atoms with E-state index >= 15 is 0 Å². The lowest BCUT2D eigenvalue weighted by molar-refractivity contribution is 0.102. The largest absolute Gasteiger partial charge is 0.341 e. The van der Waals surface area contributed by atoms with Gasteiger partial charge in [-0.2, -0.15) is 0 Å². The third-order valence-electron chi connectivity index (χ3n) is 5.13. The van der Waals surface area contributed by atoms with Gasteiger partial charge in [0.05, 0.1) is 27.4 Å². The van der Waals surface area contributed by atoms with Crippen molar-refractivity contribution >= 4 is 46.0 Å². The summed E-state index contributed by atoms with van der Waals surface area (Å²) in [6.45, 7) is 0. The van der Waals surface area contributed by atoms with E-state index < -0.39 is 0 Å². The van der Waals surface area contributed by atoms with Gasteiger partial charge in [-0.3, -0.25) is 4.79 Å². The molecule has 0 aliphatic carbocycles. The number of amides is 1. The quantitative estimate of drug-likeness (QED) is 0.315. The average Bonchev–Trinajstić information content (AvgIpc) is 3.41. The van der Waals surface area contributed by atoms with Crippen LogP contribution < -0.4 is 5.32 Å². The molecule has 0 bridgehead atoms. The number of nitrogens with one attached hydrogen (secondary N) is 2. The molecule has 5 aromatic rings. The fraction of sp³-hybridized carbons (Fsp3) is 0.0833. The van der Waals surface area contributed by atoms with Crippen molar-refractivity contribution in [3.63, 3.8) is 0 Å². The number of para-hydroxylation sites is 2. The maximum Gasteiger partial charge on any atom is 0.257 e. The number of hydrogen-bond donors (Lipinski definition) is 2. The zero-order valence-corrected chi connectivity index (χ0v) is 19.2. The molecule has 2 aromatic heterocycles. The minimum Gasteiger partial charge on any atom is -0.341 e. The van der Waals surface area contributed by atoms with Crippen molar-refractivity contribution < 1.29 is 4.79 Å². The number of H-pyrrole nitrogens is 1. The number of hydrogen-bond acceptors (Lipinski definition) is 5. The molecule has 0 saturated heterocycles. The van der Waals surface area contributed by atoms with Crippen LogP contribution in [0, 0.1) is 0 Å². The molecule has 0 aliphatic heterocycles. The normalized spacial score (nSPS) is 11.1. The van der Waals surface area contributed by atoms with Gasteiger partial charge in [0.15, 0.2) is 11.0 Å². The van der Waals surface area contributed by atoms with E-state index in [1.54, 1.807) is 36.0 Å². The van der Waals surface area contributed by atoms with Crippen molar-refractivity contribution in [3.05, 3.63) is 89.2 Å². The summed E-state index contributed by atoms with van der Waals surface area (Å²) < 4.78 is 1.95. The highest BCUT2D eigenvalue weighted by molar-refractivity contribution is 7.98. The third kappa shape index (κ3) is 4.48. The summed E-state index contributed by atoms with van der Waals surface area (Å²) in [4.78, 5) is 20.4. The van der Waals surface area contributed by atoms with Crippen molar-refractivity contribution in [2.75, 3.05) is 5.32 Å². The third-order valence-corrected chi connectivity index (χ3v) is 6.49. The monoisotopic (exact) mass is 474 g/mol. The molecular formula is C24H19ClN6OS. The predicted octanol–water partition coefficient (Wildman–Crippen LogP) is 5.56. The Hall–Kier alpha value is -3.62. The van der Waals surface area contributed by atoms with Gasteiger partial charge >= 0.3 is 0 Å². The van der Waals surface area contributed by atoms with Crippen LogP contribution >= 0.6 is 23.4 Å². The van der Waals surface area contributed by atoms with Gasteiger partial charge in [0.25, 0.3) is 5.91 Å². The second kappa shape index (κ2) is 9.09. The highest BCUT2D eigenvalue weighted by atomic mass is 35.5. The number of carbonyl (C=O) groups is 1. The van der Waals surface area contributed by atoms with Gasteiger partial charge in [-0.1, -0.05) is 47.6 Å². The Morgan fingerprint density at radius 3 is 2.58 bits per heavy atom. The maximum atomic E-state index is 12.5. The number of thioether (sulfide) groups is 1. The van der Waals surface area contributed by atoms with E-state index in [0.717, 1.165) is 33.4 Å². The van der Waals surface area contributed by atoms with Crippen LogP contribution in [0.1, 0.15) is 16.2 Å². The second-order valence-electron chi connectivity index (χ2n) is 7.37. The Kier molecular flexibility index (Phi) is 5.85. The summed E-state index contributed by atoms with van der Waals surface area (Å²) >= 11 is 7.68. The van der Waals surface area contributed by atoms with Crippen LogP contribution in [0.15, 0.2) is 78.0 Å². The molecule has 3 aromatic carbocycles. The molecule has 7 nitrogen and oxygen atoms in total. The van der Waals surface area contributed by atoms with Crippen LogP contribution in [0.2, 0.25) is 5.02 Å². The summed E-state index contributed by atoms with van der Waals surface area (Å²) in [6.07, 6.45) is 0. The lowest BCUT2D eigenvalue weighted by atomic mass is 10.1. The number of nitrogens with zero attached hydrogens (tertiary/aromatic N) is 4. The van der Waals surface area contributed by atoms with Crippen molar-refractivity contribution in [1.82, 2.24) is 24.7 Å². The number of imidazole rings is 1. The standard InChI is InChI=1S/C24H19ClN6OS/c1-31-22(29-30-24(31)33-14-21-27-19-8-4-5-9-20(19)28-21)15-10-12-16(13-11-15)26-23(32)17-6-2-3-7-18(17)25/h2-13H,14H2,1H3,(H,26,32)(H,27,28). The molecule has 0 fully saturated rings. The number of anilines is 1. The van der Waals surface area contributed by atoms with E-state index in [-0.39, 0.29) is 5.91 Å². The SMILES string of the molecule is Cn1c(SCc2nc3ccccc3[nH]2)nnc1-c1ccc(NC(=O)c2ccccc2Cl)cc1. The summed E-state index contributed by atoms with van der Waals surface area (Å²) in [5, 5.41) is 12.8. The van der Waals surface area contributed by atoms with Crippen LogP contribution in [-0.2, 0) is 12.8 Å². The van der Waals surface area contributed by atoms with E-state index in [2.05, 4.69) is 25.5 Å². The molecule has 0 atom stereocenters. The summed E-state index contributed by atoms with van der Waals surface area (Å²) in [6, 6.07) is 22.4. The number of fused-ring (bicyclic) bond motifs is 1. The number of rotatable bonds is 6. The molecular weight excluding hydrogens is 456 g/mol. The minimum atomic E-state index is -0.253. The van der Waals surface area contributed by atoms with Gasteiger partial charge in [0.2, 0.25) is 0 Å². The first-order chi connectivity index (χ1) is 16.1. The van der Waals surface area contributed by atoms with Gasteiger partial charge in [0.1, 0.15) is 5.82 Å². The molecule has 2 N–H and O–H groups in total. The molecule has 0 spiro atoms. The van der Waals surface area contributed by atoms with Crippen molar-refractivity contribution in [3.8, 4) is 11.4 Å². The number of carbonyl (C=O) groups excluding carboxylic acids is 1. The summed E-state index contributed by atoms with van der Waals surface area (Å²) in [5.41, 5.74) is 3.98. The van der Waals surface area contributed by atoms with Gasteiger partial charge < -0.3 is 14.9 Å². The molecule has 0 aliphatic rings. The molecule has 0 unspecified atom stereocenters. The van der Waals surface area contributed by atoms with Crippen molar-refractivity contribution in [2.24, 2.45) is 7.05 Å². The fourth-order valence-corrected chi connectivity index (χ4v) is 4.45. The van der Waals surface area contributed by atoms with Gasteiger partial charge in [-0.25, -0.2) is 4.98 Å². The van der Waals surface area contributed by atoms with Crippen LogP contribution in [0.3, 0.4) is 0 Å². The minimum absolute atomic E-state index is 0.253. The lowest BCUT2D eigenvalue weighted by Crippen LogP contribution is -2.12. The number of halogens is 1. The molecule has 0 radical (unpaired) electrons. The molecule has 164 valence electrons. The molecule has 2 heterocycles. The first-order valence-corrected chi connectivity index (χ1v) is 11.6. The highest BCUT2D eigenvalue weighted by Gasteiger charge is 2.14. The molecule has 0 saturated carbocycles. The van der Waals surface area contributed by atoms with Gasteiger partial charge in [0, 0.05) is 18.3 Å². The zero-order valence-electron chi connectivity index (χ0n) is 17.6. The first kappa shape index (κ1) is 21.2. The topological polar surface area (TPSA) is 88.5 Å². The summed E-state index contributed by atoms with van der Waals surface area (Å²) in [7, 11) is 1.93.